The van der Waals surface area contributed by atoms with Crippen LogP contribution in [0.3, 0.4) is 0 Å². The summed E-state index contributed by atoms with van der Waals surface area (Å²) in [5.74, 6) is 0.218. The van der Waals surface area contributed by atoms with Gasteiger partial charge in [0, 0.05) is 18.2 Å². The molecule has 17 heavy (non-hydrogen) atoms. The van der Waals surface area contributed by atoms with Gasteiger partial charge >= 0.3 is 10.3 Å². The van der Waals surface area contributed by atoms with E-state index in [2.05, 4.69) is 0 Å². The van der Waals surface area contributed by atoms with Gasteiger partial charge in [-0.05, 0) is 12.1 Å². The van der Waals surface area contributed by atoms with Crippen molar-refractivity contribution in [2.75, 3.05) is 0 Å². The largest absolute Gasteiger partial charge is 0.410 e. The minimum Gasteiger partial charge on any atom is -0.366 e. The van der Waals surface area contributed by atoms with E-state index in [1.54, 1.807) is 24.3 Å². The Kier molecular flexibility index (Phi) is 2.03. The van der Waals surface area contributed by atoms with Crippen LogP contribution in [-0.4, -0.2) is 18.5 Å². The van der Waals surface area contributed by atoms with E-state index in [0.29, 0.717) is 5.75 Å². The first kappa shape index (κ1) is 10.3. The predicted octanol–water partition coefficient (Wildman–Crippen LogP) is 1.15. The van der Waals surface area contributed by atoms with Crippen molar-refractivity contribution in [3.63, 3.8) is 0 Å². The molecule has 0 radical (unpaired) electrons. The molecule has 1 aromatic rings. The first-order valence-electron chi connectivity index (χ1n) is 5.11. The Labute approximate surface area is 98.6 Å². The number of hydrogen-bond acceptors (Lipinski definition) is 4. The molecule has 0 bridgehead atoms. The Balaban J connectivity index is 2.21. The van der Waals surface area contributed by atoms with E-state index in [1.807, 2.05) is 0 Å². The fourth-order valence-corrected chi connectivity index (χ4v) is 3.25. The summed E-state index contributed by atoms with van der Waals surface area (Å²) >= 11 is 0. The zero-order chi connectivity index (χ0) is 12.0. The van der Waals surface area contributed by atoms with Crippen molar-refractivity contribution < 1.29 is 17.4 Å². The average Bonchev–Trinajstić information content (AvgIpc) is 2.28. The highest BCUT2D eigenvalue weighted by molar-refractivity contribution is 7.84. The van der Waals surface area contributed by atoms with Gasteiger partial charge in [0.1, 0.15) is 5.75 Å². The molecule has 0 amide bonds. The Morgan fingerprint density at radius 1 is 1.29 bits per heavy atom. The number of para-hydroxylation sites is 1. The van der Waals surface area contributed by atoms with Crippen molar-refractivity contribution >= 4 is 16.1 Å². The molecule has 0 aromatic heterocycles. The number of rotatable bonds is 0. The average molecular weight is 251 g/mol. The minimum absolute atomic E-state index is 0.0850. The lowest BCUT2D eigenvalue weighted by Gasteiger charge is -2.35. The highest BCUT2D eigenvalue weighted by Gasteiger charge is 2.39. The molecule has 0 aliphatic carbocycles. The van der Waals surface area contributed by atoms with Gasteiger partial charge in [0.15, 0.2) is 5.78 Å². The summed E-state index contributed by atoms with van der Waals surface area (Å²) < 4.78 is 29.7. The van der Waals surface area contributed by atoms with Crippen molar-refractivity contribution in [1.29, 1.82) is 0 Å². The standard InChI is InChI=1S/C11H9NO4S/c13-8-5-6-12-10(7-8)9-3-1-2-4-11(9)16-17(12,14)15/h1-6,10H,7H2. The third-order valence-corrected chi connectivity index (χ3v) is 4.12. The minimum atomic E-state index is -3.83. The molecule has 3 rings (SSSR count). The molecule has 1 unspecified atom stereocenters. The van der Waals surface area contributed by atoms with E-state index in [-0.39, 0.29) is 12.2 Å². The van der Waals surface area contributed by atoms with E-state index in [0.717, 1.165) is 9.87 Å². The second-order valence-corrected chi connectivity index (χ2v) is 5.35. The Hall–Kier alpha value is -1.82. The summed E-state index contributed by atoms with van der Waals surface area (Å²) in [4.78, 5) is 11.4. The first-order valence-corrected chi connectivity index (χ1v) is 6.47. The van der Waals surface area contributed by atoms with Gasteiger partial charge in [-0.2, -0.15) is 8.42 Å². The van der Waals surface area contributed by atoms with Gasteiger partial charge in [0.05, 0.1) is 6.04 Å². The maximum absolute atomic E-state index is 11.8. The maximum Gasteiger partial charge on any atom is 0.410 e. The molecule has 0 N–H and O–H groups in total. The Bertz CT molecular complexity index is 620. The van der Waals surface area contributed by atoms with Crippen LogP contribution in [0.1, 0.15) is 18.0 Å². The zero-order valence-electron chi connectivity index (χ0n) is 8.74. The van der Waals surface area contributed by atoms with E-state index in [1.165, 1.54) is 12.3 Å². The van der Waals surface area contributed by atoms with Crippen LogP contribution in [0, 0.1) is 0 Å². The zero-order valence-corrected chi connectivity index (χ0v) is 9.55. The Morgan fingerprint density at radius 3 is 2.88 bits per heavy atom. The monoisotopic (exact) mass is 251 g/mol. The van der Waals surface area contributed by atoms with Gasteiger partial charge in [-0.15, -0.1) is 0 Å². The first-order chi connectivity index (χ1) is 8.08. The molecule has 88 valence electrons. The van der Waals surface area contributed by atoms with Crippen LogP contribution in [-0.2, 0) is 15.1 Å². The molecule has 0 saturated heterocycles. The van der Waals surface area contributed by atoms with E-state index in [4.69, 9.17) is 4.18 Å². The molecular weight excluding hydrogens is 242 g/mol. The van der Waals surface area contributed by atoms with Crippen molar-refractivity contribution in [2.24, 2.45) is 0 Å². The predicted molar refractivity (Wildman–Crippen MR) is 59.3 cm³/mol. The van der Waals surface area contributed by atoms with Crippen LogP contribution in [0.25, 0.3) is 0 Å². The lowest BCUT2D eigenvalue weighted by molar-refractivity contribution is -0.116. The van der Waals surface area contributed by atoms with Gasteiger partial charge < -0.3 is 4.18 Å². The van der Waals surface area contributed by atoms with Crippen molar-refractivity contribution in [1.82, 2.24) is 4.31 Å². The van der Waals surface area contributed by atoms with Crippen LogP contribution in [0.4, 0.5) is 0 Å². The third kappa shape index (κ3) is 1.52. The highest BCUT2D eigenvalue weighted by Crippen LogP contribution is 2.41. The Morgan fingerprint density at radius 2 is 2.06 bits per heavy atom. The number of benzene rings is 1. The van der Waals surface area contributed by atoms with Crippen molar-refractivity contribution in [3.8, 4) is 5.75 Å². The fraction of sp³-hybridized carbons (Fsp3) is 0.182. The van der Waals surface area contributed by atoms with Gasteiger partial charge in [0.2, 0.25) is 0 Å². The number of nitrogens with zero attached hydrogens (tertiary/aromatic N) is 1. The van der Waals surface area contributed by atoms with Gasteiger partial charge in [-0.25, -0.2) is 4.31 Å². The molecule has 0 saturated carbocycles. The second kappa shape index (κ2) is 3.33. The quantitative estimate of drug-likeness (QED) is 0.694. The normalized spacial score (nSPS) is 24.8. The molecular formula is C11H9NO4S. The highest BCUT2D eigenvalue weighted by atomic mass is 32.2. The fourth-order valence-electron chi connectivity index (χ4n) is 2.07. The second-order valence-electron chi connectivity index (χ2n) is 3.91. The molecule has 0 spiro atoms. The van der Waals surface area contributed by atoms with Gasteiger partial charge in [-0.3, -0.25) is 4.79 Å². The number of fused-ring (bicyclic) bond motifs is 3. The van der Waals surface area contributed by atoms with Crippen molar-refractivity contribution in [3.05, 3.63) is 42.1 Å². The SMILES string of the molecule is O=C1C=CN2C(C1)c1ccccc1OS2(=O)=O. The van der Waals surface area contributed by atoms with E-state index in [9.17, 15) is 13.2 Å². The third-order valence-electron chi connectivity index (χ3n) is 2.84. The number of carbonyl (C=O) groups is 1. The van der Waals surface area contributed by atoms with Crippen LogP contribution in [0.15, 0.2) is 36.5 Å². The number of ketones is 1. The van der Waals surface area contributed by atoms with Crippen molar-refractivity contribution in [2.45, 2.75) is 12.5 Å². The van der Waals surface area contributed by atoms with Crippen LogP contribution in [0.5, 0.6) is 5.75 Å². The number of allylic oxidation sites excluding steroid dienone is 1. The molecule has 1 aromatic carbocycles. The van der Waals surface area contributed by atoms with Gasteiger partial charge in [0.25, 0.3) is 0 Å². The van der Waals surface area contributed by atoms with Gasteiger partial charge in [-0.1, -0.05) is 18.2 Å². The summed E-state index contributed by atoms with van der Waals surface area (Å²) in [6.07, 6.45) is 2.67. The summed E-state index contributed by atoms with van der Waals surface area (Å²) in [6.45, 7) is 0. The summed E-state index contributed by atoms with van der Waals surface area (Å²) in [7, 11) is -3.83. The summed E-state index contributed by atoms with van der Waals surface area (Å²) in [5, 5.41) is 0. The van der Waals surface area contributed by atoms with Crippen LogP contribution in [0.2, 0.25) is 0 Å². The smallest absolute Gasteiger partial charge is 0.366 e. The summed E-state index contributed by atoms with van der Waals surface area (Å²) in [6, 6.07) is 6.37. The van der Waals surface area contributed by atoms with E-state index >= 15 is 0 Å². The number of hydrogen-bond donors (Lipinski definition) is 0. The summed E-state index contributed by atoms with van der Waals surface area (Å²) in [5.41, 5.74) is 0.722. The molecule has 2 heterocycles. The molecule has 2 aliphatic heterocycles. The lowest BCUT2D eigenvalue weighted by Crippen LogP contribution is -2.40. The molecule has 5 nitrogen and oxygen atoms in total. The maximum atomic E-state index is 11.8. The molecule has 2 aliphatic rings. The van der Waals surface area contributed by atoms with Crippen LogP contribution >= 0.6 is 0 Å². The molecule has 0 fully saturated rings. The molecule has 6 heteroatoms. The van der Waals surface area contributed by atoms with E-state index < -0.39 is 16.3 Å². The topological polar surface area (TPSA) is 63.7 Å². The lowest BCUT2D eigenvalue weighted by atomic mass is 9.98. The molecule has 1 atom stereocenters. The number of carbonyl (C=O) groups excluding carboxylic acids is 1. The van der Waals surface area contributed by atoms with Crippen LogP contribution < -0.4 is 4.18 Å².